The van der Waals surface area contributed by atoms with E-state index in [2.05, 4.69) is 5.32 Å². The molecule has 6 heteroatoms. The van der Waals surface area contributed by atoms with E-state index in [1.165, 1.54) is 0 Å². The van der Waals surface area contributed by atoms with Crippen LogP contribution in [0.5, 0.6) is 0 Å². The van der Waals surface area contributed by atoms with Gasteiger partial charge in [0.15, 0.2) is 11.1 Å². The normalized spacial score (nSPS) is 23.3. The lowest BCUT2D eigenvalue weighted by Crippen LogP contribution is -2.37. The highest BCUT2D eigenvalue weighted by atomic mass is 32.2. The third-order valence-corrected chi connectivity index (χ3v) is 3.35. The molecule has 2 rings (SSSR count). The molecule has 1 saturated heterocycles. The molecule has 17 heavy (non-hydrogen) atoms. The number of hydrogen-bond donors (Lipinski definition) is 1. The topological polar surface area (TPSA) is 64.6 Å². The first-order valence-corrected chi connectivity index (χ1v) is 6.47. The Kier molecular flexibility index (Phi) is 4.11. The quantitative estimate of drug-likeness (QED) is 0.874. The van der Waals surface area contributed by atoms with E-state index in [0.717, 1.165) is 5.56 Å². The lowest BCUT2D eigenvalue weighted by Gasteiger charge is -2.10. The Morgan fingerprint density at radius 3 is 2.88 bits per heavy atom. The van der Waals surface area contributed by atoms with Gasteiger partial charge in [0, 0.05) is 0 Å². The molecule has 1 aliphatic rings. The molecule has 0 bridgehead atoms. The molecule has 0 unspecified atom stereocenters. The van der Waals surface area contributed by atoms with E-state index in [1.54, 1.807) is 0 Å². The van der Waals surface area contributed by atoms with Crippen molar-refractivity contribution in [2.75, 3.05) is 12.4 Å². The van der Waals surface area contributed by atoms with Gasteiger partial charge in [0.25, 0.3) is 0 Å². The number of ether oxygens (including phenoxy) is 1. The largest absolute Gasteiger partial charge is 0.445 e. The molecule has 1 aliphatic heterocycles. The number of carbonyl (C=O) groups is 1. The molecule has 1 amide bonds. The van der Waals surface area contributed by atoms with Crippen LogP contribution in [-0.2, 0) is 26.6 Å². The van der Waals surface area contributed by atoms with Crippen LogP contribution in [0.25, 0.3) is 0 Å². The van der Waals surface area contributed by atoms with Crippen molar-refractivity contribution in [3.63, 3.8) is 0 Å². The number of rotatable bonds is 3. The number of carbonyl (C=O) groups excluding carboxylic acids is 1. The summed E-state index contributed by atoms with van der Waals surface area (Å²) in [7, 11) is 0. The first-order valence-electron chi connectivity index (χ1n) is 5.23. The molecular weight excluding hydrogens is 242 g/mol. The Hall–Kier alpha value is -1.40. The van der Waals surface area contributed by atoms with E-state index in [1.807, 2.05) is 30.3 Å². The fourth-order valence-electron chi connectivity index (χ4n) is 1.43. The molecule has 1 N–H and O–H groups in total. The summed E-state index contributed by atoms with van der Waals surface area (Å²) in [5.41, 5.74) is 0.925. The molecule has 1 fully saturated rings. The number of alkyl carbamates (subject to hydrolysis) is 1. The summed E-state index contributed by atoms with van der Waals surface area (Å²) >= 11 is -1.28. The minimum absolute atomic E-state index is 0.223. The third kappa shape index (κ3) is 3.83. The monoisotopic (exact) mass is 255 g/mol. The predicted molar refractivity (Wildman–Crippen MR) is 62.5 cm³/mol. The predicted octanol–water partition coefficient (Wildman–Crippen LogP) is 0.975. The first-order chi connectivity index (χ1) is 8.24. The molecule has 0 aliphatic carbocycles. The van der Waals surface area contributed by atoms with Gasteiger partial charge in [-0.05, 0) is 5.56 Å². The van der Waals surface area contributed by atoms with Crippen LogP contribution in [0.3, 0.4) is 0 Å². The first kappa shape index (κ1) is 12.1. The second-order valence-electron chi connectivity index (χ2n) is 3.66. The fraction of sp³-hybridized carbons (Fsp3) is 0.364. The summed E-state index contributed by atoms with van der Waals surface area (Å²) in [6.07, 6.45) is -0.513. The molecule has 0 saturated carbocycles. The van der Waals surface area contributed by atoms with Crippen molar-refractivity contribution in [3.8, 4) is 0 Å². The van der Waals surface area contributed by atoms with Gasteiger partial charge in [-0.25, -0.2) is 9.00 Å². The average molecular weight is 255 g/mol. The molecule has 1 aromatic carbocycles. The zero-order chi connectivity index (χ0) is 12.1. The van der Waals surface area contributed by atoms with Crippen molar-refractivity contribution in [3.05, 3.63) is 35.9 Å². The van der Waals surface area contributed by atoms with Gasteiger partial charge in [0.05, 0.1) is 18.4 Å². The van der Waals surface area contributed by atoms with E-state index >= 15 is 0 Å². The van der Waals surface area contributed by atoms with Crippen LogP contribution in [0.1, 0.15) is 5.56 Å². The molecule has 2 atom stereocenters. The Labute approximate surface area is 102 Å². The van der Waals surface area contributed by atoms with Crippen LogP contribution in [0.4, 0.5) is 4.79 Å². The smallest absolute Gasteiger partial charge is 0.407 e. The van der Waals surface area contributed by atoms with Crippen molar-refractivity contribution < 1.29 is 17.9 Å². The van der Waals surface area contributed by atoms with Gasteiger partial charge in [-0.1, -0.05) is 30.3 Å². The van der Waals surface area contributed by atoms with E-state index in [0.29, 0.717) is 5.75 Å². The summed E-state index contributed by atoms with van der Waals surface area (Å²) in [6.45, 7) is 0.496. The Bertz CT molecular complexity index is 409. The molecule has 92 valence electrons. The molecule has 0 spiro atoms. The van der Waals surface area contributed by atoms with E-state index < -0.39 is 17.2 Å². The SMILES string of the molecule is O=C(N[C@H]1CO[S@](=O)C1)OCc1ccccc1. The summed E-state index contributed by atoms with van der Waals surface area (Å²) in [5, 5.41) is 2.60. The van der Waals surface area contributed by atoms with Crippen molar-refractivity contribution in [1.82, 2.24) is 5.32 Å². The minimum atomic E-state index is -1.28. The molecule has 1 heterocycles. The maximum atomic E-state index is 11.4. The highest BCUT2D eigenvalue weighted by Crippen LogP contribution is 2.05. The lowest BCUT2D eigenvalue weighted by molar-refractivity contribution is 0.135. The van der Waals surface area contributed by atoms with Crippen molar-refractivity contribution in [2.45, 2.75) is 12.6 Å². The summed E-state index contributed by atoms with van der Waals surface area (Å²) in [5.74, 6) is 0.320. The summed E-state index contributed by atoms with van der Waals surface area (Å²) in [6, 6.07) is 9.19. The average Bonchev–Trinajstić information content (AvgIpc) is 2.73. The van der Waals surface area contributed by atoms with Crippen LogP contribution in [0.2, 0.25) is 0 Å². The van der Waals surface area contributed by atoms with Crippen LogP contribution in [0.15, 0.2) is 30.3 Å². The van der Waals surface area contributed by atoms with E-state index in [9.17, 15) is 9.00 Å². The van der Waals surface area contributed by atoms with Crippen LogP contribution >= 0.6 is 0 Å². The number of nitrogens with one attached hydrogen (secondary N) is 1. The summed E-state index contributed by atoms with van der Waals surface area (Å²) in [4.78, 5) is 11.4. The molecule has 0 aromatic heterocycles. The van der Waals surface area contributed by atoms with Crippen LogP contribution in [-0.4, -0.2) is 28.7 Å². The van der Waals surface area contributed by atoms with Crippen LogP contribution in [0, 0.1) is 0 Å². The van der Waals surface area contributed by atoms with Crippen molar-refractivity contribution in [2.24, 2.45) is 0 Å². The zero-order valence-electron chi connectivity index (χ0n) is 9.13. The van der Waals surface area contributed by atoms with Gasteiger partial charge < -0.3 is 10.1 Å². The number of benzene rings is 1. The highest BCUT2D eigenvalue weighted by Gasteiger charge is 2.24. The molecule has 5 nitrogen and oxygen atoms in total. The van der Waals surface area contributed by atoms with Gasteiger partial charge in [-0.15, -0.1) is 0 Å². The highest BCUT2D eigenvalue weighted by molar-refractivity contribution is 7.80. The Morgan fingerprint density at radius 1 is 1.47 bits per heavy atom. The van der Waals surface area contributed by atoms with Crippen molar-refractivity contribution >= 4 is 17.2 Å². The Balaban J connectivity index is 1.73. The Morgan fingerprint density at radius 2 is 2.24 bits per heavy atom. The number of hydrogen-bond acceptors (Lipinski definition) is 4. The van der Waals surface area contributed by atoms with Gasteiger partial charge in [0.2, 0.25) is 0 Å². The van der Waals surface area contributed by atoms with E-state index in [-0.39, 0.29) is 19.3 Å². The van der Waals surface area contributed by atoms with Gasteiger partial charge in [-0.2, -0.15) is 0 Å². The minimum Gasteiger partial charge on any atom is -0.445 e. The second kappa shape index (κ2) is 5.79. The second-order valence-corrected chi connectivity index (χ2v) is 4.83. The third-order valence-electron chi connectivity index (χ3n) is 2.27. The van der Waals surface area contributed by atoms with Crippen LogP contribution < -0.4 is 5.32 Å². The molecule has 0 radical (unpaired) electrons. The molecule has 1 aromatic rings. The van der Waals surface area contributed by atoms with Gasteiger partial charge in [0.1, 0.15) is 6.61 Å². The van der Waals surface area contributed by atoms with E-state index in [4.69, 9.17) is 8.92 Å². The van der Waals surface area contributed by atoms with Gasteiger partial charge in [-0.3, -0.25) is 4.18 Å². The fourth-order valence-corrected chi connectivity index (χ4v) is 2.35. The zero-order valence-corrected chi connectivity index (χ0v) is 9.94. The molecular formula is C11H13NO4S. The maximum absolute atomic E-state index is 11.4. The van der Waals surface area contributed by atoms with Gasteiger partial charge >= 0.3 is 6.09 Å². The van der Waals surface area contributed by atoms with Crippen molar-refractivity contribution in [1.29, 1.82) is 0 Å². The summed E-state index contributed by atoms with van der Waals surface area (Å²) < 4.78 is 20.8. The lowest BCUT2D eigenvalue weighted by atomic mass is 10.2. The maximum Gasteiger partial charge on any atom is 0.407 e. The number of amides is 1. The standard InChI is InChI=1S/C11H13NO4S/c13-11(12-10-7-16-17(14)8-10)15-6-9-4-2-1-3-5-9/h1-5,10H,6-8H2,(H,12,13)/t10-,17-/m0/s1.